The van der Waals surface area contributed by atoms with Crippen LogP contribution in [0, 0.1) is 0 Å². The van der Waals surface area contributed by atoms with Gasteiger partial charge >= 0.3 is 0 Å². The van der Waals surface area contributed by atoms with E-state index in [9.17, 15) is 0 Å². The lowest BCUT2D eigenvalue weighted by molar-refractivity contribution is 0.548. The van der Waals surface area contributed by atoms with E-state index in [0.717, 1.165) is 17.3 Å². The Balaban J connectivity index is 2.50. The van der Waals surface area contributed by atoms with Gasteiger partial charge in [-0.15, -0.1) is 0 Å². The Labute approximate surface area is 65.8 Å². The van der Waals surface area contributed by atoms with Crippen molar-refractivity contribution in [3.8, 4) is 0 Å². The summed E-state index contributed by atoms with van der Waals surface area (Å²) in [7, 11) is 1.90. The molecule has 0 aromatic carbocycles. The molecule has 0 radical (unpaired) electrons. The van der Waals surface area contributed by atoms with E-state index in [1.54, 1.807) is 0 Å². The molecule has 0 saturated heterocycles. The Morgan fingerprint density at radius 1 is 1.70 bits per heavy atom. The van der Waals surface area contributed by atoms with Gasteiger partial charge in [0, 0.05) is 12.2 Å². The van der Waals surface area contributed by atoms with Gasteiger partial charge in [-0.3, -0.25) is 0 Å². The molecule has 0 saturated carbocycles. The molecule has 10 heavy (non-hydrogen) atoms. The Morgan fingerprint density at radius 2 is 2.40 bits per heavy atom. The third kappa shape index (κ3) is 1.42. The summed E-state index contributed by atoms with van der Waals surface area (Å²) in [6, 6.07) is 0.228. The van der Waals surface area contributed by atoms with Crippen LogP contribution in [0.3, 0.4) is 0 Å². The van der Waals surface area contributed by atoms with Crippen LogP contribution in [-0.4, -0.2) is 19.6 Å². The van der Waals surface area contributed by atoms with Gasteiger partial charge in [0.15, 0.2) is 0 Å². The van der Waals surface area contributed by atoms with Crippen LogP contribution < -0.4 is 16.2 Å². The summed E-state index contributed by atoms with van der Waals surface area (Å²) < 4.78 is 0. The highest BCUT2D eigenvalue weighted by molar-refractivity contribution is 6.30. The van der Waals surface area contributed by atoms with E-state index in [-0.39, 0.29) is 6.04 Å². The van der Waals surface area contributed by atoms with Gasteiger partial charge in [0.2, 0.25) is 0 Å². The van der Waals surface area contributed by atoms with Gasteiger partial charge in [-0.2, -0.15) is 0 Å². The van der Waals surface area contributed by atoms with Crippen LogP contribution in [-0.2, 0) is 0 Å². The van der Waals surface area contributed by atoms with Gasteiger partial charge in [0.05, 0.1) is 11.1 Å². The number of likely N-dealkylation sites (N-methyl/N-ethyl adjacent to an activating group) is 1. The van der Waals surface area contributed by atoms with E-state index in [2.05, 4.69) is 16.2 Å². The first-order valence-electron chi connectivity index (χ1n) is 3.28. The average Bonchev–Trinajstić information content (AvgIpc) is 2.20. The maximum absolute atomic E-state index is 5.92. The number of rotatable bonds is 2. The fourth-order valence-corrected chi connectivity index (χ4v) is 1.10. The van der Waals surface area contributed by atoms with Gasteiger partial charge in [-0.1, -0.05) is 11.6 Å². The lowest BCUT2D eigenvalue weighted by atomic mass is 10.3. The fourth-order valence-electron chi connectivity index (χ4n) is 0.925. The lowest BCUT2D eigenvalue weighted by Gasteiger charge is -2.08. The summed E-state index contributed by atoms with van der Waals surface area (Å²) in [5, 5.41) is 3.91. The number of hydrogen-bond donors (Lipinski definition) is 3. The molecule has 3 N–H and O–H groups in total. The first kappa shape index (κ1) is 7.85. The molecule has 0 amide bonds. The molecule has 1 unspecified atom stereocenters. The van der Waals surface area contributed by atoms with E-state index >= 15 is 0 Å². The Kier molecular flexibility index (Phi) is 2.54. The number of allylic oxidation sites excluding steroid dienone is 1. The molecule has 1 aliphatic heterocycles. The number of hydrogen-bond acceptors (Lipinski definition) is 3. The second-order valence-corrected chi connectivity index (χ2v) is 2.76. The topological polar surface area (TPSA) is 36.1 Å². The molecule has 1 heterocycles. The van der Waals surface area contributed by atoms with E-state index in [4.69, 9.17) is 11.6 Å². The number of hydrazine groups is 1. The van der Waals surface area contributed by atoms with Crippen molar-refractivity contribution in [3.05, 3.63) is 10.7 Å². The summed E-state index contributed by atoms with van der Waals surface area (Å²) in [6.07, 6.45) is 0. The molecule has 0 fully saturated rings. The first-order valence-corrected chi connectivity index (χ1v) is 3.66. The third-order valence-electron chi connectivity index (χ3n) is 1.51. The average molecular weight is 162 g/mol. The van der Waals surface area contributed by atoms with Crippen LogP contribution in [0.25, 0.3) is 0 Å². The molecular weight excluding hydrogens is 150 g/mol. The molecule has 0 aromatic rings. The molecule has 0 bridgehead atoms. The van der Waals surface area contributed by atoms with Crippen molar-refractivity contribution >= 4 is 11.6 Å². The normalized spacial score (nSPS) is 25.3. The summed E-state index contributed by atoms with van der Waals surface area (Å²) in [5.74, 6) is 0. The molecule has 0 spiro atoms. The molecule has 0 aromatic heterocycles. The highest BCUT2D eigenvalue weighted by Crippen LogP contribution is 2.15. The Morgan fingerprint density at radius 3 is 2.80 bits per heavy atom. The van der Waals surface area contributed by atoms with Crippen molar-refractivity contribution in [3.63, 3.8) is 0 Å². The molecular formula is C6H12ClN3. The summed E-state index contributed by atoms with van der Waals surface area (Å²) in [4.78, 5) is 0. The van der Waals surface area contributed by atoms with Gasteiger partial charge in [0.1, 0.15) is 0 Å². The van der Waals surface area contributed by atoms with E-state index < -0.39 is 0 Å². The molecule has 1 atom stereocenters. The Bertz CT molecular complexity index is 155. The van der Waals surface area contributed by atoms with Crippen molar-refractivity contribution in [1.82, 2.24) is 16.2 Å². The second-order valence-electron chi connectivity index (χ2n) is 2.35. The van der Waals surface area contributed by atoms with Gasteiger partial charge in [0.25, 0.3) is 0 Å². The number of nitrogens with one attached hydrogen (secondary N) is 3. The summed E-state index contributed by atoms with van der Waals surface area (Å²) in [6.45, 7) is 2.80. The van der Waals surface area contributed by atoms with E-state index in [0.29, 0.717) is 0 Å². The monoisotopic (exact) mass is 161 g/mol. The smallest absolute Gasteiger partial charge is 0.0758 e. The highest BCUT2D eigenvalue weighted by Gasteiger charge is 2.19. The predicted molar refractivity (Wildman–Crippen MR) is 42.5 cm³/mol. The first-order chi connectivity index (χ1) is 4.75. The largest absolute Gasteiger partial charge is 0.324 e. The van der Waals surface area contributed by atoms with Crippen molar-refractivity contribution in [2.24, 2.45) is 0 Å². The minimum absolute atomic E-state index is 0.228. The third-order valence-corrected chi connectivity index (χ3v) is 2.05. The van der Waals surface area contributed by atoms with Gasteiger partial charge in [-0.05, 0) is 14.0 Å². The predicted octanol–water partition coefficient (Wildman–Crippen LogP) is 0.152. The maximum atomic E-state index is 5.92. The zero-order valence-corrected chi connectivity index (χ0v) is 6.92. The molecule has 58 valence electrons. The highest BCUT2D eigenvalue weighted by atomic mass is 35.5. The van der Waals surface area contributed by atoms with Crippen molar-refractivity contribution in [2.75, 3.05) is 13.6 Å². The quantitative estimate of drug-likeness (QED) is 0.540. The van der Waals surface area contributed by atoms with Crippen LogP contribution in [0.2, 0.25) is 0 Å². The van der Waals surface area contributed by atoms with Crippen molar-refractivity contribution in [1.29, 1.82) is 0 Å². The zero-order valence-electron chi connectivity index (χ0n) is 6.16. The number of halogens is 1. The van der Waals surface area contributed by atoms with Crippen LogP contribution >= 0.6 is 11.6 Å². The molecule has 4 heteroatoms. The van der Waals surface area contributed by atoms with Crippen molar-refractivity contribution < 1.29 is 0 Å². The molecule has 1 rings (SSSR count). The molecule has 0 aliphatic carbocycles. The fraction of sp³-hybridized carbons (Fsp3) is 0.667. The molecule has 1 aliphatic rings. The lowest BCUT2D eigenvalue weighted by Crippen LogP contribution is -2.38. The summed E-state index contributed by atoms with van der Waals surface area (Å²) in [5.41, 5.74) is 7.02. The van der Waals surface area contributed by atoms with Crippen LogP contribution in [0.4, 0.5) is 0 Å². The van der Waals surface area contributed by atoms with E-state index in [1.807, 2.05) is 14.0 Å². The SMILES string of the molecule is CNCC1NNC(C)=C1Cl. The minimum atomic E-state index is 0.228. The van der Waals surface area contributed by atoms with Crippen LogP contribution in [0.15, 0.2) is 10.7 Å². The van der Waals surface area contributed by atoms with Crippen molar-refractivity contribution in [2.45, 2.75) is 13.0 Å². The zero-order chi connectivity index (χ0) is 7.56. The Hall–Kier alpha value is -0.250. The maximum Gasteiger partial charge on any atom is 0.0758 e. The van der Waals surface area contributed by atoms with Crippen LogP contribution in [0.5, 0.6) is 0 Å². The van der Waals surface area contributed by atoms with Gasteiger partial charge < -0.3 is 10.7 Å². The standard InChI is InChI=1S/C6H12ClN3/c1-4-6(7)5(3-8-2)10-9-4/h5,8-10H,3H2,1-2H3. The molecule has 3 nitrogen and oxygen atoms in total. The second kappa shape index (κ2) is 3.23. The van der Waals surface area contributed by atoms with Crippen LogP contribution in [0.1, 0.15) is 6.92 Å². The summed E-state index contributed by atoms with van der Waals surface area (Å²) >= 11 is 5.92. The minimum Gasteiger partial charge on any atom is -0.324 e. The van der Waals surface area contributed by atoms with Gasteiger partial charge in [-0.25, -0.2) is 5.43 Å². The van der Waals surface area contributed by atoms with E-state index in [1.165, 1.54) is 0 Å².